The van der Waals surface area contributed by atoms with E-state index in [1.54, 1.807) is 18.2 Å². The van der Waals surface area contributed by atoms with Gasteiger partial charge in [0.1, 0.15) is 4.90 Å². The van der Waals surface area contributed by atoms with Gasteiger partial charge in [0.2, 0.25) is 10.0 Å². The van der Waals surface area contributed by atoms with Gasteiger partial charge in [0, 0.05) is 12.6 Å². The molecule has 2 aromatic rings. The minimum Gasteiger partial charge on any atom is -0.308 e. The highest BCUT2D eigenvalue weighted by Gasteiger charge is 2.23. The smallest absolute Gasteiger partial charge is 0.242 e. The van der Waals surface area contributed by atoms with Crippen molar-refractivity contribution in [3.63, 3.8) is 0 Å². The van der Waals surface area contributed by atoms with Gasteiger partial charge in [0.15, 0.2) is 0 Å². The second-order valence-corrected chi connectivity index (χ2v) is 7.38. The van der Waals surface area contributed by atoms with Crippen LogP contribution in [0.2, 0.25) is 5.02 Å². The minimum atomic E-state index is -3.61. The van der Waals surface area contributed by atoms with E-state index in [0.29, 0.717) is 6.54 Å². The Kier molecular flexibility index (Phi) is 6.06. The highest BCUT2D eigenvalue weighted by Crippen LogP contribution is 2.24. The Morgan fingerprint density at radius 3 is 2.61 bits per heavy atom. The molecule has 0 amide bonds. The zero-order valence-corrected chi connectivity index (χ0v) is 14.7. The Hall–Kier alpha value is -1.11. The molecule has 7 heteroatoms. The lowest BCUT2D eigenvalue weighted by molar-refractivity contribution is 0.491. The van der Waals surface area contributed by atoms with Gasteiger partial charge in [-0.25, -0.2) is 13.1 Å². The Morgan fingerprint density at radius 1 is 1.13 bits per heavy atom. The summed E-state index contributed by atoms with van der Waals surface area (Å²) in [6.07, 6.45) is 0.962. The van der Waals surface area contributed by atoms with Crippen molar-refractivity contribution in [2.24, 2.45) is 0 Å². The highest BCUT2D eigenvalue weighted by molar-refractivity contribution is 7.89. The van der Waals surface area contributed by atoms with Crippen molar-refractivity contribution in [3.05, 3.63) is 64.7 Å². The van der Waals surface area contributed by atoms with Crippen LogP contribution in [-0.4, -0.2) is 21.5 Å². The van der Waals surface area contributed by atoms with Crippen LogP contribution in [0.3, 0.4) is 0 Å². The molecular weight excluding hydrogens is 355 g/mol. The largest absolute Gasteiger partial charge is 0.308 e. The molecule has 0 saturated carbocycles. The highest BCUT2D eigenvalue weighted by atomic mass is 35.5. The van der Waals surface area contributed by atoms with Gasteiger partial charge in [0.05, 0.1) is 5.02 Å². The van der Waals surface area contributed by atoms with Gasteiger partial charge in [-0.15, -0.1) is 12.4 Å². The van der Waals surface area contributed by atoms with E-state index in [0.717, 1.165) is 18.5 Å². The molecular formula is C16H18Cl2N2O2S. The Labute approximate surface area is 147 Å². The molecule has 1 aliphatic rings. The zero-order valence-electron chi connectivity index (χ0n) is 12.3. The topological polar surface area (TPSA) is 58.2 Å². The number of nitrogens with one attached hydrogen (secondary N) is 2. The summed E-state index contributed by atoms with van der Waals surface area (Å²) < 4.78 is 27.4. The predicted molar refractivity (Wildman–Crippen MR) is 94.8 cm³/mol. The molecule has 124 valence electrons. The molecule has 2 aromatic carbocycles. The first-order valence-corrected chi connectivity index (χ1v) is 8.99. The molecule has 0 bridgehead atoms. The summed E-state index contributed by atoms with van der Waals surface area (Å²) in [5, 5.41) is 3.58. The van der Waals surface area contributed by atoms with Crippen molar-refractivity contribution < 1.29 is 8.42 Å². The van der Waals surface area contributed by atoms with Crippen LogP contribution < -0.4 is 10.0 Å². The number of rotatable bonds is 4. The predicted octanol–water partition coefficient (Wildman–Crippen LogP) is 2.93. The van der Waals surface area contributed by atoms with Crippen molar-refractivity contribution in [1.29, 1.82) is 0 Å². The second-order valence-electron chi connectivity index (χ2n) is 5.24. The lowest BCUT2D eigenvalue weighted by Crippen LogP contribution is -2.38. The molecule has 0 fully saturated rings. The van der Waals surface area contributed by atoms with Crippen LogP contribution >= 0.6 is 24.0 Å². The lowest BCUT2D eigenvalue weighted by Gasteiger charge is -2.27. The van der Waals surface area contributed by atoms with E-state index in [1.165, 1.54) is 11.6 Å². The first-order chi connectivity index (χ1) is 10.6. The van der Waals surface area contributed by atoms with Crippen molar-refractivity contribution in [2.75, 3.05) is 13.1 Å². The Bertz CT molecular complexity index is 781. The molecule has 23 heavy (non-hydrogen) atoms. The molecule has 0 saturated heterocycles. The molecule has 0 radical (unpaired) electrons. The summed E-state index contributed by atoms with van der Waals surface area (Å²) in [5.74, 6) is 0. The standard InChI is InChI=1S/C16H17ClN2O2S.ClH/c17-14-7-3-4-8-16(14)22(20,21)19-11-15-13-6-2-1-5-12(13)9-10-18-15;/h1-8,15,18-19H,9-11H2;1H. The third kappa shape index (κ3) is 4.05. The number of hydrogen-bond acceptors (Lipinski definition) is 3. The van der Waals surface area contributed by atoms with E-state index < -0.39 is 10.0 Å². The maximum atomic E-state index is 12.4. The summed E-state index contributed by atoms with van der Waals surface area (Å²) in [7, 11) is -3.61. The van der Waals surface area contributed by atoms with Gasteiger partial charge in [-0.1, -0.05) is 48.0 Å². The first kappa shape index (κ1) is 18.2. The van der Waals surface area contributed by atoms with Crippen molar-refractivity contribution >= 4 is 34.0 Å². The van der Waals surface area contributed by atoms with Crippen molar-refractivity contribution in [2.45, 2.75) is 17.4 Å². The van der Waals surface area contributed by atoms with Crippen LogP contribution in [0.5, 0.6) is 0 Å². The number of sulfonamides is 1. The molecule has 1 unspecified atom stereocenters. The average molecular weight is 373 g/mol. The van der Waals surface area contributed by atoms with Gasteiger partial charge >= 0.3 is 0 Å². The van der Waals surface area contributed by atoms with Crippen LogP contribution in [0.15, 0.2) is 53.4 Å². The third-order valence-corrected chi connectivity index (χ3v) is 5.74. The van der Waals surface area contributed by atoms with E-state index in [2.05, 4.69) is 16.1 Å². The molecule has 1 aliphatic heterocycles. The Balaban J connectivity index is 0.00000192. The quantitative estimate of drug-likeness (QED) is 0.867. The molecule has 0 aliphatic carbocycles. The van der Waals surface area contributed by atoms with E-state index in [-0.39, 0.29) is 28.4 Å². The summed E-state index contributed by atoms with van der Waals surface area (Å²) >= 11 is 5.98. The van der Waals surface area contributed by atoms with Gasteiger partial charge in [-0.2, -0.15) is 0 Å². The van der Waals surface area contributed by atoms with E-state index in [4.69, 9.17) is 11.6 Å². The molecule has 0 spiro atoms. The van der Waals surface area contributed by atoms with Gasteiger partial charge in [-0.05, 0) is 36.2 Å². The summed E-state index contributed by atoms with van der Waals surface area (Å²) in [4.78, 5) is 0.112. The van der Waals surface area contributed by atoms with Crippen LogP contribution in [0.1, 0.15) is 17.2 Å². The molecule has 4 nitrogen and oxygen atoms in total. The fourth-order valence-electron chi connectivity index (χ4n) is 2.71. The number of fused-ring (bicyclic) bond motifs is 1. The van der Waals surface area contributed by atoms with Gasteiger partial charge in [0.25, 0.3) is 0 Å². The fraction of sp³-hybridized carbons (Fsp3) is 0.250. The monoisotopic (exact) mass is 372 g/mol. The number of benzene rings is 2. The lowest BCUT2D eigenvalue weighted by atomic mass is 9.95. The molecule has 1 heterocycles. The fourth-order valence-corrected chi connectivity index (χ4v) is 4.27. The molecule has 3 rings (SSSR count). The van der Waals surface area contributed by atoms with Crippen LogP contribution in [0.25, 0.3) is 0 Å². The molecule has 1 atom stereocenters. The van der Waals surface area contributed by atoms with E-state index in [9.17, 15) is 8.42 Å². The summed E-state index contributed by atoms with van der Waals surface area (Å²) in [6.45, 7) is 1.14. The zero-order chi connectivity index (χ0) is 15.6. The first-order valence-electron chi connectivity index (χ1n) is 7.13. The molecule has 0 aromatic heterocycles. The van der Waals surface area contributed by atoms with E-state index in [1.807, 2.05) is 18.2 Å². The minimum absolute atomic E-state index is 0. The number of hydrogen-bond donors (Lipinski definition) is 2. The SMILES string of the molecule is Cl.O=S(=O)(NCC1NCCc2ccccc21)c1ccccc1Cl. The summed E-state index contributed by atoms with van der Waals surface area (Å²) in [5.41, 5.74) is 2.42. The van der Waals surface area contributed by atoms with Crippen molar-refractivity contribution in [3.8, 4) is 0 Å². The maximum Gasteiger partial charge on any atom is 0.242 e. The van der Waals surface area contributed by atoms with Crippen LogP contribution in [0, 0.1) is 0 Å². The third-order valence-electron chi connectivity index (χ3n) is 3.82. The van der Waals surface area contributed by atoms with Crippen molar-refractivity contribution in [1.82, 2.24) is 10.0 Å². The average Bonchev–Trinajstić information content (AvgIpc) is 2.53. The second kappa shape index (κ2) is 7.64. The van der Waals surface area contributed by atoms with Gasteiger partial charge in [-0.3, -0.25) is 0 Å². The normalized spacial score (nSPS) is 17.2. The Morgan fingerprint density at radius 2 is 1.83 bits per heavy atom. The number of halogens is 2. The van der Waals surface area contributed by atoms with Gasteiger partial charge < -0.3 is 5.32 Å². The van der Waals surface area contributed by atoms with E-state index >= 15 is 0 Å². The summed E-state index contributed by atoms with van der Waals surface area (Å²) in [6, 6.07) is 14.5. The van der Waals surface area contributed by atoms with Crippen LogP contribution in [-0.2, 0) is 16.4 Å². The van der Waals surface area contributed by atoms with Crippen LogP contribution in [0.4, 0.5) is 0 Å². The maximum absolute atomic E-state index is 12.4. The molecule has 2 N–H and O–H groups in total.